The first-order valence-corrected chi connectivity index (χ1v) is 9.26. The highest BCUT2D eigenvalue weighted by atomic mass is 16.2. The van der Waals surface area contributed by atoms with E-state index in [2.05, 4.69) is 12.0 Å². The van der Waals surface area contributed by atoms with Crippen molar-refractivity contribution in [2.24, 2.45) is 11.8 Å². The van der Waals surface area contributed by atoms with E-state index in [1.165, 1.54) is 0 Å². The number of hydrogen-bond acceptors (Lipinski definition) is 3. The summed E-state index contributed by atoms with van der Waals surface area (Å²) in [6, 6.07) is 0. The molecule has 2 aliphatic heterocycles. The van der Waals surface area contributed by atoms with Crippen molar-refractivity contribution in [1.29, 1.82) is 0 Å². The molecule has 0 atom stereocenters. The summed E-state index contributed by atoms with van der Waals surface area (Å²) in [7, 11) is 0. The first kappa shape index (κ1) is 15.7. The van der Waals surface area contributed by atoms with Gasteiger partial charge >= 0.3 is 0 Å². The van der Waals surface area contributed by atoms with Crippen molar-refractivity contribution in [3.63, 3.8) is 0 Å². The molecule has 1 saturated carbocycles. The minimum atomic E-state index is 0.0836. The summed E-state index contributed by atoms with van der Waals surface area (Å²) in [5.41, 5.74) is 1.61. The fourth-order valence-corrected chi connectivity index (χ4v) is 4.26. The van der Waals surface area contributed by atoms with Crippen molar-refractivity contribution in [2.45, 2.75) is 52.1 Å². The molecular formula is C18H26N4O2. The predicted molar refractivity (Wildman–Crippen MR) is 89.3 cm³/mol. The largest absolute Gasteiger partial charge is 0.339 e. The van der Waals surface area contributed by atoms with Crippen LogP contribution in [0.5, 0.6) is 0 Å². The standard InChI is InChI=1S/C18H26N4O2/c1-13-9-14(10-13)17(23)21-7-4-8-22-16(12-21)15(11-19-22)18(24)20-5-2-3-6-20/h11,13-14H,2-10,12H2,1H3. The molecule has 1 aromatic heterocycles. The molecule has 0 N–H and O–H groups in total. The van der Waals surface area contributed by atoms with Crippen molar-refractivity contribution in [1.82, 2.24) is 19.6 Å². The van der Waals surface area contributed by atoms with Gasteiger partial charge in [0, 0.05) is 32.1 Å². The lowest BCUT2D eigenvalue weighted by molar-refractivity contribution is -0.140. The zero-order valence-electron chi connectivity index (χ0n) is 14.4. The Labute approximate surface area is 142 Å². The Balaban J connectivity index is 1.54. The van der Waals surface area contributed by atoms with Gasteiger partial charge in [-0.1, -0.05) is 6.92 Å². The molecule has 0 unspecified atom stereocenters. The third kappa shape index (κ3) is 2.72. The minimum Gasteiger partial charge on any atom is -0.339 e. The van der Waals surface area contributed by atoms with Crippen LogP contribution in [-0.2, 0) is 17.9 Å². The van der Waals surface area contributed by atoms with Crippen LogP contribution in [0.4, 0.5) is 0 Å². The second-order valence-electron chi connectivity index (χ2n) is 7.61. The van der Waals surface area contributed by atoms with Crippen LogP contribution in [0.25, 0.3) is 0 Å². The van der Waals surface area contributed by atoms with E-state index < -0.39 is 0 Å². The molecule has 1 aliphatic carbocycles. The number of carbonyl (C=O) groups is 2. The van der Waals surface area contributed by atoms with Crippen molar-refractivity contribution in [3.8, 4) is 0 Å². The summed E-state index contributed by atoms with van der Waals surface area (Å²) in [4.78, 5) is 29.4. The molecule has 4 rings (SSSR count). The van der Waals surface area contributed by atoms with Gasteiger partial charge in [0.2, 0.25) is 5.91 Å². The van der Waals surface area contributed by atoms with E-state index in [4.69, 9.17) is 0 Å². The molecule has 0 spiro atoms. The van der Waals surface area contributed by atoms with Gasteiger partial charge in [0.15, 0.2) is 0 Å². The smallest absolute Gasteiger partial charge is 0.257 e. The van der Waals surface area contributed by atoms with Crippen molar-refractivity contribution in [2.75, 3.05) is 19.6 Å². The second kappa shape index (κ2) is 6.22. The summed E-state index contributed by atoms with van der Waals surface area (Å²) in [5.74, 6) is 1.21. The lowest BCUT2D eigenvalue weighted by atomic mass is 9.75. The summed E-state index contributed by atoms with van der Waals surface area (Å²) >= 11 is 0. The number of fused-ring (bicyclic) bond motifs is 1. The van der Waals surface area contributed by atoms with Crippen molar-refractivity contribution < 1.29 is 9.59 Å². The molecule has 1 aromatic rings. The second-order valence-corrected chi connectivity index (χ2v) is 7.61. The Hall–Kier alpha value is -1.85. The van der Waals surface area contributed by atoms with Gasteiger partial charge in [-0.2, -0.15) is 5.10 Å². The minimum absolute atomic E-state index is 0.0836. The van der Waals surface area contributed by atoms with Crippen LogP contribution in [0.2, 0.25) is 0 Å². The van der Waals surface area contributed by atoms with Gasteiger partial charge in [0.05, 0.1) is 24.0 Å². The lowest BCUT2D eigenvalue weighted by Crippen LogP contribution is -2.41. The Kier molecular flexibility index (Phi) is 4.06. The van der Waals surface area contributed by atoms with E-state index in [0.717, 1.165) is 64.0 Å². The number of aromatic nitrogens is 2. The third-order valence-corrected chi connectivity index (χ3v) is 5.75. The topological polar surface area (TPSA) is 58.4 Å². The zero-order chi connectivity index (χ0) is 16.7. The van der Waals surface area contributed by atoms with Gasteiger partial charge < -0.3 is 9.80 Å². The number of amides is 2. The highest BCUT2D eigenvalue weighted by Gasteiger charge is 2.36. The fourth-order valence-electron chi connectivity index (χ4n) is 4.26. The van der Waals surface area contributed by atoms with Crippen LogP contribution in [0, 0.1) is 11.8 Å². The molecule has 3 heterocycles. The third-order valence-electron chi connectivity index (χ3n) is 5.75. The summed E-state index contributed by atoms with van der Waals surface area (Å²) in [6.45, 7) is 5.96. The molecule has 6 nitrogen and oxygen atoms in total. The number of nitrogens with zero attached hydrogens (tertiary/aromatic N) is 4. The first-order valence-electron chi connectivity index (χ1n) is 9.26. The molecule has 0 radical (unpaired) electrons. The molecule has 1 saturated heterocycles. The van der Waals surface area contributed by atoms with Gasteiger partial charge in [-0.05, 0) is 38.0 Å². The fraction of sp³-hybridized carbons (Fsp3) is 0.722. The zero-order valence-corrected chi connectivity index (χ0v) is 14.4. The van der Waals surface area contributed by atoms with E-state index in [-0.39, 0.29) is 17.7 Å². The van der Waals surface area contributed by atoms with E-state index in [1.807, 2.05) is 14.5 Å². The maximum Gasteiger partial charge on any atom is 0.257 e. The number of rotatable bonds is 2. The van der Waals surface area contributed by atoms with Crippen LogP contribution in [-0.4, -0.2) is 51.0 Å². The predicted octanol–water partition coefficient (Wildman–Crippen LogP) is 1.90. The molecule has 2 amide bonds. The summed E-state index contributed by atoms with van der Waals surface area (Å²) in [5, 5.41) is 4.43. The number of hydrogen-bond donors (Lipinski definition) is 0. The Morgan fingerprint density at radius 1 is 1.04 bits per heavy atom. The first-order chi connectivity index (χ1) is 11.6. The molecule has 0 bridgehead atoms. The Morgan fingerprint density at radius 3 is 2.46 bits per heavy atom. The van der Waals surface area contributed by atoms with E-state index in [0.29, 0.717) is 18.0 Å². The molecule has 130 valence electrons. The summed E-state index contributed by atoms with van der Waals surface area (Å²) < 4.78 is 1.93. The molecule has 3 aliphatic rings. The molecule has 0 aromatic carbocycles. The van der Waals surface area contributed by atoms with Gasteiger partial charge in [-0.25, -0.2) is 0 Å². The maximum atomic E-state index is 12.8. The number of carbonyl (C=O) groups excluding carboxylic acids is 2. The maximum absolute atomic E-state index is 12.8. The van der Waals surface area contributed by atoms with Gasteiger partial charge in [-0.15, -0.1) is 0 Å². The van der Waals surface area contributed by atoms with Crippen LogP contribution >= 0.6 is 0 Å². The van der Waals surface area contributed by atoms with E-state index in [9.17, 15) is 9.59 Å². The van der Waals surface area contributed by atoms with Gasteiger partial charge in [0.25, 0.3) is 5.91 Å². The van der Waals surface area contributed by atoms with E-state index in [1.54, 1.807) is 6.20 Å². The van der Waals surface area contributed by atoms with E-state index >= 15 is 0 Å². The van der Waals surface area contributed by atoms with Crippen LogP contribution in [0.3, 0.4) is 0 Å². The molecule has 2 fully saturated rings. The average Bonchev–Trinajstić information content (AvgIpc) is 3.16. The summed E-state index contributed by atoms with van der Waals surface area (Å²) in [6.07, 6.45) is 6.79. The van der Waals surface area contributed by atoms with Gasteiger partial charge in [-0.3, -0.25) is 14.3 Å². The molecule has 24 heavy (non-hydrogen) atoms. The molecule has 6 heteroatoms. The monoisotopic (exact) mass is 330 g/mol. The van der Waals surface area contributed by atoms with Crippen molar-refractivity contribution in [3.05, 3.63) is 17.5 Å². The Bertz CT molecular complexity index is 641. The van der Waals surface area contributed by atoms with Gasteiger partial charge in [0.1, 0.15) is 0 Å². The average molecular weight is 330 g/mol. The normalized spacial score (nSPS) is 26.7. The highest BCUT2D eigenvalue weighted by molar-refractivity contribution is 5.95. The van der Waals surface area contributed by atoms with Crippen LogP contribution < -0.4 is 0 Å². The van der Waals surface area contributed by atoms with Crippen LogP contribution in [0.1, 0.15) is 55.1 Å². The number of aryl methyl sites for hydroxylation is 1. The van der Waals surface area contributed by atoms with Crippen LogP contribution in [0.15, 0.2) is 6.20 Å². The lowest BCUT2D eigenvalue weighted by Gasteiger charge is -2.35. The Morgan fingerprint density at radius 2 is 1.75 bits per heavy atom. The quantitative estimate of drug-likeness (QED) is 0.832. The van der Waals surface area contributed by atoms with Crippen molar-refractivity contribution >= 4 is 11.8 Å². The molecular weight excluding hydrogens is 304 g/mol. The SMILES string of the molecule is CC1CC(C(=O)N2CCCn3ncc(C(=O)N4CCCC4)c3C2)C1. The number of likely N-dealkylation sites (tertiary alicyclic amines) is 1. The highest BCUT2D eigenvalue weighted by Crippen LogP contribution is 2.35.